The van der Waals surface area contributed by atoms with E-state index in [4.69, 9.17) is 4.74 Å². The highest BCUT2D eigenvalue weighted by molar-refractivity contribution is 5.88. The van der Waals surface area contributed by atoms with Crippen LogP contribution >= 0.6 is 0 Å². The molecule has 0 amide bonds. The molecule has 0 fully saturated rings. The number of carbonyl (C=O) groups is 1. The fraction of sp³-hybridized carbons (Fsp3) is 0.160. The molecule has 27 heavy (non-hydrogen) atoms. The molecule has 136 valence electrons. The van der Waals surface area contributed by atoms with Gasteiger partial charge < -0.3 is 4.74 Å². The number of esters is 1. The topological polar surface area (TPSA) is 26.3 Å². The first-order valence-electron chi connectivity index (χ1n) is 9.36. The molecule has 0 saturated heterocycles. The molecule has 0 unspecified atom stereocenters. The third kappa shape index (κ3) is 5.18. The van der Waals surface area contributed by atoms with Crippen LogP contribution in [-0.4, -0.2) is 5.97 Å². The van der Waals surface area contributed by atoms with Gasteiger partial charge >= 0.3 is 5.97 Å². The number of hydrogen-bond donors (Lipinski definition) is 0. The van der Waals surface area contributed by atoms with Crippen molar-refractivity contribution in [2.45, 2.75) is 26.7 Å². The molecule has 3 rings (SSSR count). The highest BCUT2D eigenvalue weighted by atomic mass is 16.5. The molecule has 0 atom stereocenters. The van der Waals surface area contributed by atoms with E-state index in [1.165, 1.54) is 22.8 Å². The number of rotatable bonds is 6. The lowest BCUT2D eigenvalue weighted by Crippen LogP contribution is -2.03. The number of benzene rings is 3. The van der Waals surface area contributed by atoms with Crippen molar-refractivity contribution in [1.82, 2.24) is 0 Å². The molecule has 0 saturated carbocycles. The molecule has 0 aliphatic rings. The van der Waals surface area contributed by atoms with Gasteiger partial charge in [0.2, 0.25) is 0 Å². The summed E-state index contributed by atoms with van der Waals surface area (Å²) in [5, 5.41) is 0. The van der Waals surface area contributed by atoms with Gasteiger partial charge in [-0.25, -0.2) is 4.79 Å². The van der Waals surface area contributed by atoms with Crippen LogP contribution in [0.1, 0.15) is 30.5 Å². The number of ether oxygens (including phenoxy) is 1. The van der Waals surface area contributed by atoms with Crippen molar-refractivity contribution in [1.29, 1.82) is 0 Å². The maximum atomic E-state index is 12.0. The van der Waals surface area contributed by atoms with Gasteiger partial charge in [-0.1, -0.05) is 74.5 Å². The van der Waals surface area contributed by atoms with Crippen molar-refractivity contribution in [3.05, 3.63) is 95.6 Å². The molecule has 0 spiro atoms. The second kappa shape index (κ2) is 9.00. The Hall–Kier alpha value is -3.13. The first-order chi connectivity index (χ1) is 13.2. The summed E-state index contributed by atoms with van der Waals surface area (Å²) in [5.74, 6) is 0.186. The summed E-state index contributed by atoms with van der Waals surface area (Å²) in [4.78, 5) is 12.0. The first-order valence-corrected chi connectivity index (χ1v) is 9.36. The second-order valence-corrected chi connectivity index (χ2v) is 6.42. The van der Waals surface area contributed by atoms with Gasteiger partial charge in [-0.3, -0.25) is 0 Å². The van der Waals surface area contributed by atoms with Crippen molar-refractivity contribution < 1.29 is 9.53 Å². The Morgan fingerprint density at radius 3 is 1.74 bits per heavy atom. The molecule has 0 aromatic heterocycles. The van der Waals surface area contributed by atoms with Crippen molar-refractivity contribution in [3.8, 4) is 16.9 Å². The Kier molecular flexibility index (Phi) is 6.22. The lowest BCUT2D eigenvalue weighted by atomic mass is 10.0. The lowest BCUT2D eigenvalue weighted by molar-refractivity contribution is -0.128. The summed E-state index contributed by atoms with van der Waals surface area (Å²) >= 11 is 0. The molecule has 0 heterocycles. The van der Waals surface area contributed by atoms with E-state index in [0.29, 0.717) is 5.75 Å². The minimum Gasteiger partial charge on any atom is -0.423 e. The van der Waals surface area contributed by atoms with Crippen LogP contribution in [-0.2, 0) is 17.6 Å². The fourth-order valence-electron chi connectivity index (χ4n) is 2.83. The minimum absolute atomic E-state index is 0.376. The van der Waals surface area contributed by atoms with Gasteiger partial charge in [0.05, 0.1) is 0 Å². The van der Waals surface area contributed by atoms with E-state index >= 15 is 0 Å². The van der Waals surface area contributed by atoms with Crippen LogP contribution in [0.2, 0.25) is 0 Å². The van der Waals surface area contributed by atoms with E-state index in [1.54, 1.807) is 6.08 Å². The smallest absolute Gasteiger partial charge is 0.336 e. The van der Waals surface area contributed by atoms with Crippen LogP contribution in [0.5, 0.6) is 5.75 Å². The van der Waals surface area contributed by atoms with Gasteiger partial charge in [0.1, 0.15) is 5.75 Å². The summed E-state index contributed by atoms with van der Waals surface area (Å²) < 4.78 is 5.32. The summed E-state index contributed by atoms with van der Waals surface area (Å²) in [6, 6.07) is 24.3. The van der Waals surface area contributed by atoms with Gasteiger partial charge in [-0.15, -0.1) is 0 Å². The van der Waals surface area contributed by atoms with Crippen molar-refractivity contribution in [2.24, 2.45) is 0 Å². The van der Waals surface area contributed by atoms with E-state index in [0.717, 1.165) is 24.0 Å². The largest absolute Gasteiger partial charge is 0.423 e. The molecule has 3 aromatic rings. The Bertz CT molecular complexity index is 902. The lowest BCUT2D eigenvalue weighted by Gasteiger charge is -2.04. The monoisotopic (exact) mass is 356 g/mol. The maximum Gasteiger partial charge on any atom is 0.336 e. The predicted molar refractivity (Wildman–Crippen MR) is 112 cm³/mol. The summed E-state index contributed by atoms with van der Waals surface area (Å²) in [6.45, 7) is 4.25. The SMILES string of the molecule is CCc1ccc(OC(=O)/C=C/c2ccc(-c3ccc(CC)cc3)cc2)cc1. The molecule has 0 bridgehead atoms. The summed E-state index contributed by atoms with van der Waals surface area (Å²) in [5.41, 5.74) is 5.86. The van der Waals surface area contributed by atoms with Crippen LogP contribution in [0.3, 0.4) is 0 Å². The van der Waals surface area contributed by atoms with E-state index in [1.807, 2.05) is 36.4 Å². The fourth-order valence-corrected chi connectivity index (χ4v) is 2.83. The summed E-state index contributed by atoms with van der Waals surface area (Å²) in [6.07, 6.45) is 5.24. The van der Waals surface area contributed by atoms with Gasteiger partial charge in [0.25, 0.3) is 0 Å². The Morgan fingerprint density at radius 1 is 0.741 bits per heavy atom. The van der Waals surface area contributed by atoms with Gasteiger partial charge in [0.15, 0.2) is 0 Å². The first kappa shape index (κ1) is 18.7. The highest BCUT2D eigenvalue weighted by Crippen LogP contribution is 2.21. The molecule has 2 nitrogen and oxygen atoms in total. The number of hydrogen-bond acceptors (Lipinski definition) is 2. The minimum atomic E-state index is -0.376. The number of aryl methyl sites for hydroxylation is 2. The van der Waals surface area contributed by atoms with Crippen molar-refractivity contribution in [3.63, 3.8) is 0 Å². The van der Waals surface area contributed by atoms with Gasteiger partial charge in [0, 0.05) is 6.08 Å². The summed E-state index contributed by atoms with van der Waals surface area (Å²) in [7, 11) is 0. The molecule has 3 aromatic carbocycles. The molecular formula is C25H24O2. The normalized spacial score (nSPS) is 10.9. The standard InChI is InChI=1S/C25H24O2/c1-3-19-5-12-22(13-6-19)23-14-7-21(8-15-23)11-18-25(26)27-24-16-9-20(4-2)10-17-24/h5-18H,3-4H2,1-2H3/b18-11+. The third-order valence-electron chi connectivity index (χ3n) is 4.57. The zero-order valence-electron chi connectivity index (χ0n) is 15.8. The van der Waals surface area contributed by atoms with Crippen molar-refractivity contribution >= 4 is 12.0 Å². The quantitative estimate of drug-likeness (QED) is 0.303. The molecular weight excluding hydrogens is 332 g/mol. The average Bonchev–Trinajstić information content (AvgIpc) is 2.73. The Labute approximate surface area is 161 Å². The highest BCUT2D eigenvalue weighted by Gasteiger charge is 2.01. The van der Waals surface area contributed by atoms with Crippen molar-refractivity contribution in [2.75, 3.05) is 0 Å². The predicted octanol–water partition coefficient (Wildman–Crippen LogP) is 6.10. The molecule has 2 heteroatoms. The molecule has 0 aliphatic carbocycles. The van der Waals surface area contributed by atoms with Crippen LogP contribution in [0.4, 0.5) is 0 Å². The Morgan fingerprint density at radius 2 is 1.22 bits per heavy atom. The number of carbonyl (C=O) groups excluding carboxylic acids is 1. The van der Waals surface area contributed by atoms with Gasteiger partial charge in [-0.05, 0) is 58.9 Å². The molecule has 0 N–H and O–H groups in total. The molecule has 0 radical (unpaired) electrons. The molecule has 0 aliphatic heterocycles. The zero-order valence-corrected chi connectivity index (χ0v) is 15.8. The van der Waals surface area contributed by atoms with Crippen LogP contribution in [0, 0.1) is 0 Å². The van der Waals surface area contributed by atoms with Gasteiger partial charge in [-0.2, -0.15) is 0 Å². The Balaban J connectivity index is 1.61. The second-order valence-electron chi connectivity index (χ2n) is 6.42. The van der Waals surface area contributed by atoms with Crippen LogP contribution in [0.15, 0.2) is 78.9 Å². The van der Waals surface area contributed by atoms with Crippen LogP contribution in [0.25, 0.3) is 17.2 Å². The van der Waals surface area contributed by atoms with E-state index in [9.17, 15) is 4.79 Å². The van der Waals surface area contributed by atoms with Crippen LogP contribution < -0.4 is 4.74 Å². The van der Waals surface area contributed by atoms with E-state index in [-0.39, 0.29) is 5.97 Å². The third-order valence-corrected chi connectivity index (χ3v) is 4.57. The average molecular weight is 356 g/mol. The van der Waals surface area contributed by atoms with E-state index in [2.05, 4.69) is 50.2 Å². The van der Waals surface area contributed by atoms with E-state index < -0.39 is 0 Å². The zero-order chi connectivity index (χ0) is 19.1. The maximum absolute atomic E-state index is 12.0.